The Kier molecular flexibility index (Phi) is 5.38. The monoisotopic (exact) mass is 394 g/mol. The highest BCUT2D eigenvalue weighted by atomic mass is 79.9. The SMILES string of the molecule is CC(C)c1noc(N2CCC([C@H](C)Oc3ccc(Br)nc3)CC2)n1. The van der Waals surface area contributed by atoms with Gasteiger partial charge in [0.25, 0.3) is 0 Å². The second-order valence-electron chi connectivity index (χ2n) is 6.55. The number of halogens is 1. The molecule has 2 aromatic rings. The molecule has 1 aliphatic rings. The van der Waals surface area contributed by atoms with Crippen molar-refractivity contribution in [2.75, 3.05) is 18.0 Å². The number of hydrogen-bond acceptors (Lipinski definition) is 6. The molecule has 0 amide bonds. The summed E-state index contributed by atoms with van der Waals surface area (Å²) in [6.07, 6.45) is 4.00. The minimum absolute atomic E-state index is 0.157. The van der Waals surface area contributed by atoms with Crippen LogP contribution in [0.3, 0.4) is 0 Å². The Morgan fingerprint density at radius 3 is 2.58 bits per heavy atom. The van der Waals surface area contributed by atoms with Gasteiger partial charge in [0.1, 0.15) is 10.4 Å². The number of anilines is 1. The second kappa shape index (κ2) is 7.51. The Morgan fingerprint density at radius 2 is 2.00 bits per heavy atom. The van der Waals surface area contributed by atoms with E-state index in [2.05, 4.69) is 56.7 Å². The van der Waals surface area contributed by atoms with E-state index in [0.717, 1.165) is 42.1 Å². The van der Waals surface area contributed by atoms with Gasteiger partial charge in [-0.1, -0.05) is 19.0 Å². The van der Waals surface area contributed by atoms with Gasteiger partial charge in [0.15, 0.2) is 5.82 Å². The van der Waals surface area contributed by atoms with Gasteiger partial charge >= 0.3 is 6.01 Å². The second-order valence-corrected chi connectivity index (χ2v) is 7.37. The fraction of sp³-hybridized carbons (Fsp3) is 0.588. The average molecular weight is 395 g/mol. The average Bonchev–Trinajstić information content (AvgIpc) is 3.07. The molecule has 130 valence electrons. The summed E-state index contributed by atoms with van der Waals surface area (Å²) in [4.78, 5) is 10.9. The van der Waals surface area contributed by atoms with Crippen molar-refractivity contribution in [3.63, 3.8) is 0 Å². The molecule has 3 rings (SSSR count). The van der Waals surface area contributed by atoms with Gasteiger partial charge in [-0.15, -0.1) is 0 Å². The molecule has 6 nitrogen and oxygen atoms in total. The predicted octanol–water partition coefficient (Wildman–Crippen LogP) is 4.03. The molecule has 0 radical (unpaired) electrons. The van der Waals surface area contributed by atoms with E-state index in [4.69, 9.17) is 9.26 Å². The number of ether oxygens (including phenoxy) is 1. The molecule has 2 aromatic heterocycles. The molecule has 3 heterocycles. The van der Waals surface area contributed by atoms with Crippen LogP contribution in [0.1, 0.15) is 45.4 Å². The van der Waals surface area contributed by atoms with Crippen molar-refractivity contribution in [3.05, 3.63) is 28.8 Å². The smallest absolute Gasteiger partial charge is 0.324 e. The van der Waals surface area contributed by atoms with Crippen LogP contribution in [0.2, 0.25) is 0 Å². The first-order valence-corrected chi connectivity index (χ1v) is 9.19. The van der Waals surface area contributed by atoms with E-state index in [1.165, 1.54) is 0 Å². The molecule has 0 aliphatic carbocycles. The molecule has 0 saturated carbocycles. The topological polar surface area (TPSA) is 64.3 Å². The highest BCUT2D eigenvalue weighted by Gasteiger charge is 2.27. The molecule has 0 bridgehead atoms. The van der Waals surface area contributed by atoms with E-state index in [1.54, 1.807) is 6.20 Å². The normalized spacial score (nSPS) is 17.3. The van der Waals surface area contributed by atoms with Gasteiger partial charge in [0, 0.05) is 19.0 Å². The van der Waals surface area contributed by atoms with Crippen molar-refractivity contribution < 1.29 is 9.26 Å². The van der Waals surface area contributed by atoms with Crippen molar-refractivity contribution in [2.45, 2.75) is 45.6 Å². The third kappa shape index (κ3) is 4.06. The molecule has 0 unspecified atom stereocenters. The minimum atomic E-state index is 0.157. The van der Waals surface area contributed by atoms with Crippen LogP contribution in [-0.2, 0) is 0 Å². The first kappa shape index (κ1) is 17.2. The molecule has 1 saturated heterocycles. The molecule has 1 atom stereocenters. The van der Waals surface area contributed by atoms with Crippen molar-refractivity contribution in [1.82, 2.24) is 15.1 Å². The maximum atomic E-state index is 6.03. The fourth-order valence-electron chi connectivity index (χ4n) is 2.89. The molecule has 1 aliphatic heterocycles. The third-order valence-corrected chi connectivity index (χ3v) is 4.91. The highest BCUT2D eigenvalue weighted by Crippen LogP contribution is 2.27. The molecule has 7 heteroatoms. The van der Waals surface area contributed by atoms with E-state index < -0.39 is 0 Å². The molecule has 1 fully saturated rings. The summed E-state index contributed by atoms with van der Waals surface area (Å²) in [5.41, 5.74) is 0. The minimum Gasteiger partial charge on any atom is -0.489 e. The van der Waals surface area contributed by atoms with Gasteiger partial charge in [0.2, 0.25) is 0 Å². The van der Waals surface area contributed by atoms with Crippen LogP contribution in [0, 0.1) is 5.92 Å². The Bertz CT molecular complexity index is 651. The lowest BCUT2D eigenvalue weighted by Crippen LogP contribution is -2.38. The lowest BCUT2D eigenvalue weighted by molar-refractivity contribution is 0.131. The van der Waals surface area contributed by atoms with Crippen LogP contribution in [0.4, 0.5) is 6.01 Å². The predicted molar refractivity (Wildman–Crippen MR) is 95.4 cm³/mol. The summed E-state index contributed by atoms with van der Waals surface area (Å²) in [5, 5.41) is 4.04. The number of nitrogens with zero attached hydrogens (tertiary/aromatic N) is 4. The quantitative estimate of drug-likeness (QED) is 0.713. The Hall–Kier alpha value is -1.63. The summed E-state index contributed by atoms with van der Waals surface area (Å²) < 4.78 is 12.2. The van der Waals surface area contributed by atoms with E-state index in [1.807, 2.05) is 12.1 Å². The fourth-order valence-corrected chi connectivity index (χ4v) is 3.13. The van der Waals surface area contributed by atoms with Crippen molar-refractivity contribution >= 4 is 21.9 Å². The molecule has 0 aromatic carbocycles. The largest absolute Gasteiger partial charge is 0.489 e. The zero-order valence-electron chi connectivity index (χ0n) is 14.3. The zero-order chi connectivity index (χ0) is 17.1. The number of pyridine rings is 1. The summed E-state index contributed by atoms with van der Waals surface area (Å²) in [7, 11) is 0. The summed E-state index contributed by atoms with van der Waals surface area (Å²) in [6.45, 7) is 8.09. The van der Waals surface area contributed by atoms with Gasteiger partial charge in [-0.3, -0.25) is 0 Å². The molecule has 0 spiro atoms. The molecule has 24 heavy (non-hydrogen) atoms. The van der Waals surface area contributed by atoms with Crippen LogP contribution in [0.15, 0.2) is 27.5 Å². The maximum absolute atomic E-state index is 6.03. The molecule has 0 N–H and O–H groups in total. The van der Waals surface area contributed by atoms with Crippen LogP contribution in [-0.4, -0.2) is 34.3 Å². The molecular weight excluding hydrogens is 372 g/mol. The summed E-state index contributed by atoms with van der Waals surface area (Å²) in [6, 6.07) is 4.48. The van der Waals surface area contributed by atoms with E-state index in [-0.39, 0.29) is 12.0 Å². The van der Waals surface area contributed by atoms with E-state index in [9.17, 15) is 0 Å². The maximum Gasteiger partial charge on any atom is 0.324 e. The number of rotatable bonds is 5. The number of aromatic nitrogens is 3. The molecular formula is C17H23BrN4O2. The van der Waals surface area contributed by atoms with Gasteiger partial charge in [-0.05, 0) is 53.7 Å². The highest BCUT2D eigenvalue weighted by molar-refractivity contribution is 9.10. The van der Waals surface area contributed by atoms with Crippen LogP contribution in [0.5, 0.6) is 5.75 Å². The van der Waals surface area contributed by atoms with Crippen molar-refractivity contribution in [3.8, 4) is 5.75 Å². The first-order chi connectivity index (χ1) is 11.5. The van der Waals surface area contributed by atoms with Crippen LogP contribution in [0.25, 0.3) is 0 Å². The third-order valence-electron chi connectivity index (χ3n) is 4.44. The Morgan fingerprint density at radius 1 is 1.25 bits per heavy atom. The summed E-state index contributed by atoms with van der Waals surface area (Å²) >= 11 is 3.34. The lowest BCUT2D eigenvalue weighted by atomic mass is 9.92. The number of hydrogen-bond donors (Lipinski definition) is 0. The van der Waals surface area contributed by atoms with E-state index in [0.29, 0.717) is 11.9 Å². The number of piperidine rings is 1. The van der Waals surface area contributed by atoms with Crippen molar-refractivity contribution in [2.24, 2.45) is 5.92 Å². The summed E-state index contributed by atoms with van der Waals surface area (Å²) in [5.74, 6) is 2.38. The van der Waals surface area contributed by atoms with Gasteiger partial charge < -0.3 is 14.2 Å². The van der Waals surface area contributed by atoms with Gasteiger partial charge in [-0.25, -0.2) is 4.98 Å². The van der Waals surface area contributed by atoms with E-state index >= 15 is 0 Å². The standard InChI is InChI=1S/C17H23BrN4O2/c1-11(2)16-20-17(24-21-16)22-8-6-13(7-9-22)12(3)23-14-4-5-15(18)19-10-14/h4-5,10-13H,6-9H2,1-3H3/t12-/m0/s1. The van der Waals surface area contributed by atoms with Crippen LogP contribution >= 0.6 is 15.9 Å². The zero-order valence-corrected chi connectivity index (χ0v) is 15.9. The first-order valence-electron chi connectivity index (χ1n) is 8.39. The Labute approximate surface area is 150 Å². The van der Waals surface area contributed by atoms with Gasteiger partial charge in [-0.2, -0.15) is 4.98 Å². The van der Waals surface area contributed by atoms with Crippen LogP contribution < -0.4 is 9.64 Å². The van der Waals surface area contributed by atoms with Crippen molar-refractivity contribution in [1.29, 1.82) is 0 Å². The van der Waals surface area contributed by atoms with Gasteiger partial charge in [0.05, 0.1) is 12.3 Å². The lowest BCUT2D eigenvalue weighted by Gasteiger charge is -2.33. The Balaban J connectivity index is 1.53.